The molecule has 56 valence electrons. The van der Waals surface area contributed by atoms with Crippen molar-refractivity contribution in [2.24, 2.45) is 0 Å². The minimum Gasteiger partial charge on any atom is -0.393 e. The highest BCUT2D eigenvalue weighted by molar-refractivity contribution is 5.64. The van der Waals surface area contributed by atoms with E-state index in [-0.39, 0.29) is 0 Å². The highest BCUT2D eigenvalue weighted by atomic mass is 16.3. The van der Waals surface area contributed by atoms with Gasteiger partial charge in [-0.15, -0.1) is 0 Å². The van der Waals surface area contributed by atoms with E-state index in [0.717, 1.165) is 0 Å². The SMILES string of the molecule is CC[C@H](O)[CH][CH][CH][CH]C=O. The molecule has 0 unspecified atom stereocenters. The normalized spacial score (nSPS) is 13.0. The first-order chi connectivity index (χ1) is 4.81. The fourth-order valence-electron chi connectivity index (χ4n) is 0.438. The Morgan fingerprint density at radius 1 is 1.40 bits per heavy atom. The van der Waals surface area contributed by atoms with Gasteiger partial charge in [0.05, 0.1) is 6.10 Å². The molecular weight excluding hydrogens is 128 g/mol. The molecule has 0 aromatic heterocycles. The molecule has 0 fully saturated rings. The van der Waals surface area contributed by atoms with Crippen LogP contribution in [0.25, 0.3) is 0 Å². The number of unbranched alkanes of at least 4 members (excludes halogenated alkanes) is 2. The van der Waals surface area contributed by atoms with Crippen molar-refractivity contribution < 1.29 is 9.90 Å². The summed E-state index contributed by atoms with van der Waals surface area (Å²) in [6, 6.07) is 0. The fourth-order valence-corrected chi connectivity index (χ4v) is 0.438. The number of carbonyl (C=O) groups excluding carboxylic acids is 1. The molecule has 0 aliphatic rings. The van der Waals surface area contributed by atoms with Gasteiger partial charge in [0.2, 0.25) is 0 Å². The van der Waals surface area contributed by atoms with Crippen LogP contribution in [0.5, 0.6) is 0 Å². The van der Waals surface area contributed by atoms with Gasteiger partial charge in [0.15, 0.2) is 0 Å². The van der Waals surface area contributed by atoms with Crippen molar-refractivity contribution in [3.8, 4) is 0 Å². The molecule has 0 spiro atoms. The van der Waals surface area contributed by atoms with E-state index in [4.69, 9.17) is 5.11 Å². The minimum atomic E-state index is -0.392. The van der Waals surface area contributed by atoms with Crippen molar-refractivity contribution in [1.82, 2.24) is 0 Å². The summed E-state index contributed by atoms with van der Waals surface area (Å²) < 4.78 is 0. The molecule has 0 amide bonds. The number of carbonyl (C=O) groups is 1. The van der Waals surface area contributed by atoms with E-state index in [2.05, 4.69) is 0 Å². The molecule has 0 saturated heterocycles. The molecule has 2 heteroatoms. The van der Waals surface area contributed by atoms with E-state index in [1.165, 1.54) is 6.42 Å². The van der Waals surface area contributed by atoms with Gasteiger partial charge in [-0.05, 0) is 25.7 Å². The van der Waals surface area contributed by atoms with Gasteiger partial charge in [-0.3, -0.25) is 0 Å². The molecule has 2 nitrogen and oxygen atoms in total. The van der Waals surface area contributed by atoms with Gasteiger partial charge in [-0.1, -0.05) is 6.92 Å². The maximum absolute atomic E-state index is 9.74. The van der Waals surface area contributed by atoms with Crippen LogP contribution in [-0.4, -0.2) is 17.5 Å². The summed E-state index contributed by atoms with van der Waals surface area (Å²) in [4.78, 5) is 9.74. The molecule has 0 aromatic carbocycles. The Hall–Kier alpha value is -0.370. The van der Waals surface area contributed by atoms with Crippen LogP contribution >= 0.6 is 0 Å². The molecule has 0 aliphatic heterocycles. The average molecular weight is 140 g/mol. The lowest BCUT2D eigenvalue weighted by atomic mass is 10.1. The van der Waals surface area contributed by atoms with Crippen LogP contribution in [0, 0.1) is 25.7 Å². The molecule has 4 radical (unpaired) electrons. The lowest BCUT2D eigenvalue weighted by molar-refractivity contribution is -0.105. The first kappa shape index (κ1) is 9.63. The number of rotatable bonds is 6. The molecule has 1 atom stereocenters. The predicted octanol–water partition coefficient (Wildman–Crippen LogP) is 0.773. The van der Waals surface area contributed by atoms with E-state index in [1.54, 1.807) is 19.3 Å². The average Bonchev–Trinajstić information content (AvgIpc) is 1.98. The fraction of sp³-hybridized carbons (Fsp3) is 0.375. The van der Waals surface area contributed by atoms with E-state index < -0.39 is 6.10 Å². The zero-order valence-electron chi connectivity index (χ0n) is 6.03. The quantitative estimate of drug-likeness (QED) is 0.437. The molecule has 0 rings (SSSR count). The third-order valence-electron chi connectivity index (χ3n) is 1.05. The maximum atomic E-state index is 9.74. The number of aliphatic hydroxyl groups is 1. The highest BCUT2D eigenvalue weighted by Crippen LogP contribution is 2.00. The Morgan fingerprint density at radius 2 is 2.10 bits per heavy atom. The Morgan fingerprint density at radius 3 is 2.60 bits per heavy atom. The smallest absolute Gasteiger partial charge is 0.124 e. The number of aldehydes is 1. The van der Waals surface area contributed by atoms with Crippen LogP contribution in [0.2, 0.25) is 0 Å². The first-order valence-electron chi connectivity index (χ1n) is 3.28. The molecule has 10 heavy (non-hydrogen) atoms. The molecule has 0 heterocycles. The third kappa shape index (κ3) is 5.76. The van der Waals surface area contributed by atoms with Crippen LogP contribution < -0.4 is 0 Å². The summed E-state index contributed by atoms with van der Waals surface area (Å²) in [5, 5.41) is 8.95. The predicted molar refractivity (Wildman–Crippen MR) is 39.6 cm³/mol. The molecule has 0 saturated carbocycles. The standard InChI is InChI=1S/C8H12O2/c1-2-8(10)6-4-3-5-7-9/h3-8,10H,2H2,1H3/t8-/m0/s1. The maximum Gasteiger partial charge on any atom is 0.124 e. The monoisotopic (exact) mass is 140 g/mol. The van der Waals surface area contributed by atoms with Crippen molar-refractivity contribution in [1.29, 1.82) is 0 Å². The lowest BCUT2D eigenvalue weighted by Crippen LogP contribution is -2.05. The van der Waals surface area contributed by atoms with Gasteiger partial charge in [0.1, 0.15) is 6.29 Å². The Balaban J connectivity index is 2.95. The Kier molecular flexibility index (Phi) is 6.50. The molecule has 0 aromatic rings. The summed E-state index contributed by atoms with van der Waals surface area (Å²) in [6.45, 7) is 1.89. The largest absolute Gasteiger partial charge is 0.393 e. The number of hydrogen-bond donors (Lipinski definition) is 1. The minimum absolute atomic E-state index is 0.392. The zero-order valence-corrected chi connectivity index (χ0v) is 6.03. The van der Waals surface area contributed by atoms with Gasteiger partial charge in [0, 0.05) is 6.42 Å². The molecule has 1 N–H and O–H groups in total. The van der Waals surface area contributed by atoms with Gasteiger partial charge < -0.3 is 9.90 Å². The molecular formula is C8H12O2. The van der Waals surface area contributed by atoms with E-state index in [9.17, 15) is 4.79 Å². The Labute approximate surface area is 62.2 Å². The number of hydrogen-bond acceptors (Lipinski definition) is 2. The molecule has 0 bridgehead atoms. The second kappa shape index (κ2) is 6.75. The summed E-state index contributed by atoms with van der Waals surface area (Å²) in [5.41, 5.74) is 0. The van der Waals surface area contributed by atoms with Crippen molar-refractivity contribution >= 4 is 6.29 Å². The van der Waals surface area contributed by atoms with E-state index in [0.29, 0.717) is 12.7 Å². The third-order valence-corrected chi connectivity index (χ3v) is 1.05. The van der Waals surface area contributed by atoms with Crippen LogP contribution in [-0.2, 0) is 4.79 Å². The van der Waals surface area contributed by atoms with Gasteiger partial charge in [0.25, 0.3) is 0 Å². The van der Waals surface area contributed by atoms with Crippen molar-refractivity contribution in [3.63, 3.8) is 0 Å². The zero-order chi connectivity index (χ0) is 7.82. The van der Waals surface area contributed by atoms with Gasteiger partial charge in [-0.25, -0.2) is 0 Å². The lowest BCUT2D eigenvalue weighted by Gasteiger charge is -2.03. The molecule has 0 aliphatic carbocycles. The first-order valence-corrected chi connectivity index (χ1v) is 3.28. The van der Waals surface area contributed by atoms with Gasteiger partial charge >= 0.3 is 0 Å². The van der Waals surface area contributed by atoms with E-state index in [1.807, 2.05) is 6.92 Å². The Bertz CT molecular complexity index is 81.3. The van der Waals surface area contributed by atoms with Crippen molar-refractivity contribution in [2.75, 3.05) is 0 Å². The van der Waals surface area contributed by atoms with E-state index >= 15 is 0 Å². The summed E-state index contributed by atoms with van der Waals surface area (Å²) in [5.74, 6) is 0. The summed E-state index contributed by atoms with van der Waals surface area (Å²) in [7, 11) is 0. The highest BCUT2D eigenvalue weighted by Gasteiger charge is 1.99. The van der Waals surface area contributed by atoms with Gasteiger partial charge in [-0.2, -0.15) is 0 Å². The summed E-state index contributed by atoms with van der Waals surface area (Å²) >= 11 is 0. The number of aliphatic hydroxyl groups excluding tert-OH is 1. The van der Waals surface area contributed by atoms with Crippen molar-refractivity contribution in [2.45, 2.75) is 19.4 Å². The van der Waals surface area contributed by atoms with Crippen LogP contribution in [0.15, 0.2) is 0 Å². The second-order valence-corrected chi connectivity index (χ2v) is 1.88. The van der Waals surface area contributed by atoms with Crippen LogP contribution in [0.4, 0.5) is 0 Å². The topological polar surface area (TPSA) is 37.3 Å². The second-order valence-electron chi connectivity index (χ2n) is 1.88. The van der Waals surface area contributed by atoms with Crippen molar-refractivity contribution in [3.05, 3.63) is 25.7 Å². The summed E-state index contributed by atoms with van der Waals surface area (Å²) in [6.07, 6.45) is 7.26. The van der Waals surface area contributed by atoms with Crippen LogP contribution in [0.3, 0.4) is 0 Å². The van der Waals surface area contributed by atoms with Crippen LogP contribution in [0.1, 0.15) is 13.3 Å².